The van der Waals surface area contributed by atoms with E-state index in [1.807, 2.05) is 10.6 Å². The van der Waals surface area contributed by atoms with Gasteiger partial charge in [-0.1, -0.05) is 6.07 Å². The SMILES string of the molecule is COC(=O)CCn1c(CCl)nc2c(C#N)cccc21. The topological polar surface area (TPSA) is 67.9 Å². The quantitative estimate of drug-likeness (QED) is 0.635. The van der Waals surface area contributed by atoms with Crippen LogP contribution in [-0.4, -0.2) is 22.6 Å². The molecule has 19 heavy (non-hydrogen) atoms. The minimum Gasteiger partial charge on any atom is -0.469 e. The Bertz CT molecular complexity index is 658. The first-order valence-electron chi connectivity index (χ1n) is 5.72. The molecular weight excluding hydrogens is 266 g/mol. The second kappa shape index (κ2) is 5.72. The molecule has 0 spiro atoms. The van der Waals surface area contributed by atoms with Crippen LogP contribution in [0.5, 0.6) is 0 Å². The van der Waals surface area contributed by atoms with Gasteiger partial charge in [-0.2, -0.15) is 5.26 Å². The third kappa shape index (κ3) is 2.54. The van der Waals surface area contributed by atoms with E-state index in [2.05, 4.69) is 15.8 Å². The number of fused-ring (bicyclic) bond motifs is 1. The lowest BCUT2D eigenvalue weighted by Gasteiger charge is -2.06. The van der Waals surface area contributed by atoms with Crippen LogP contribution in [0.15, 0.2) is 18.2 Å². The fourth-order valence-corrected chi connectivity index (χ4v) is 2.15. The fraction of sp³-hybridized carbons (Fsp3) is 0.308. The van der Waals surface area contributed by atoms with Crippen LogP contribution in [-0.2, 0) is 22.0 Å². The molecule has 0 radical (unpaired) electrons. The van der Waals surface area contributed by atoms with Gasteiger partial charge in [0.25, 0.3) is 0 Å². The highest BCUT2D eigenvalue weighted by Crippen LogP contribution is 2.21. The van der Waals surface area contributed by atoms with Crippen LogP contribution in [0.1, 0.15) is 17.8 Å². The number of carbonyl (C=O) groups is 1. The second-order valence-electron chi connectivity index (χ2n) is 3.92. The van der Waals surface area contributed by atoms with E-state index in [1.165, 1.54) is 7.11 Å². The minimum atomic E-state index is -0.293. The van der Waals surface area contributed by atoms with Gasteiger partial charge in [0.05, 0.1) is 30.5 Å². The predicted octanol–water partition coefficient (Wildman–Crippen LogP) is 2.21. The zero-order valence-corrected chi connectivity index (χ0v) is 11.1. The molecule has 2 rings (SSSR count). The number of imidazole rings is 1. The van der Waals surface area contributed by atoms with Crippen molar-refractivity contribution in [3.63, 3.8) is 0 Å². The number of para-hydroxylation sites is 1. The number of hydrogen-bond acceptors (Lipinski definition) is 4. The molecule has 0 unspecified atom stereocenters. The first-order valence-corrected chi connectivity index (χ1v) is 6.25. The number of aromatic nitrogens is 2. The molecule has 5 nitrogen and oxygen atoms in total. The molecule has 6 heteroatoms. The average Bonchev–Trinajstić information content (AvgIpc) is 2.82. The van der Waals surface area contributed by atoms with E-state index >= 15 is 0 Å². The molecule has 0 fully saturated rings. The van der Waals surface area contributed by atoms with E-state index in [9.17, 15) is 4.79 Å². The van der Waals surface area contributed by atoms with Crippen LogP contribution < -0.4 is 0 Å². The van der Waals surface area contributed by atoms with Gasteiger partial charge in [-0.05, 0) is 12.1 Å². The number of alkyl halides is 1. The van der Waals surface area contributed by atoms with Crippen LogP contribution in [0, 0.1) is 11.3 Å². The molecule has 1 heterocycles. The molecule has 2 aromatic rings. The molecular formula is C13H12ClN3O2. The van der Waals surface area contributed by atoms with Crippen LogP contribution in [0.4, 0.5) is 0 Å². The third-order valence-corrected chi connectivity index (χ3v) is 3.10. The lowest BCUT2D eigenvalue weighted by Crippen LogP contribution is -2.09. The fourth-order valence-electron chi connectivity index (χ4n) is 1.94. The highest BCUT2D eigenvalue weighted by Gasteiger charge is 2.13. The van der Waals surface area contributed by atoms with E-state index in [-0.39, 0.29) is 18.3 Å². The summed E-state index contributed by atoms with van der Waals surface area (Å²) in [6.45, 7) is 0.431. The number of halogens is 1. The molecule has 0 aliphatic carbocycles. The summed E-state index contributed by atoms with van der Waals surface area (Å²) in [5.41, 5.74) is 1.92. The highest BCUT2D eigenvalue weighted by molar-refractivity contribution is 6.16. The Labute approximate surface area is 115 Å². The van der Waals surface area contributed by atoms with Crippen LogP contribution in [0.3, 0.4) is 0 Å². The van der Waals surface area contributed by atoms with Gasteiger partial charge in [-0.3, -0.25) is 4.79 Å². The summed E-state index contributed by atoms with van der Waals surface area (Å²) in [4.78, 5) is 15.6. The molecule has 0 atom stereocenters. The zero-order chi connectivity index (χ0) is 13.8. The highest BCUT2D eigenvalue weighted by atomic mass is 35.5. The van der Waals surface area contributed by atoms with Gasteiger partial charge >= 0.3 is 5.97 Å². The monoisotopic (exact) mass is 277 g/mol. The van der Waals surface area contributed by atoms with Gasteiger partial charge in [0.2, 0.25) is 0 Å². The molecule has 0 N–H and O–H groups in total. The van der Waals surface area contributed by atoms with Crippen LogP contribution >= 0.6 is 11.6 Å². The maximum Gasteiger partial charge on any atom is 0.307 e. The number of ether oxygens (including phenoxy) is 1. The van der Waals surface area contributed by atoms with Crippen LogP contribution in [0.2, 0.25) is 0 Å². The summed E-state index contributed by atoms with van der Waals surface area (Å²) < 4.78 is 6.47. The molecule has 0 saturated heterocycles. The van der Waals surface area contributed by atoms with E-state index in [1.54, 1.807) is 12.1 Å². The number of benzene rings is 1. The van der Waals surface area contributed by atoms with Crippen molar-refractivity contribution < 1.29 is 9.53 Å². The summed E-state index contributed by atoms with van der Waals surface area (Å²) in [5.74, 6) is 0.572. The lowest BCUT2D eigenvalue weighted by atomic mass is 10.2. The van der Waals surface area contributed by atoms with Crippen molar-refractivity contribution >= 4 is 28.6 Å². The van der Waals surface area contributed by atoms with Gasteiger partial charge in [-0.15, -0.1) is 11.6 Å². The van der Waals surface area contributed by atoms with Gasteiger partial charge in [0, 0.05) is 6.54 Å². The largest absolute Gasteiger partial charge is 0.469 e. The van der Waals surface area contributed by atoms with E-state index in [0.717, 1.165) is 5.52 Å². The average molecular weight is 278 g/mol. The summed E-state index contributed by atoms with van der Waals surface area (Å²) in [6.07, 6.45) is 0.239. The third-order valence-electron chi connectivity index (χ3n) is 2.87. The molecule has 0 saturated carbocycles. The molecule has 0 aliphatic heterocycles. The smallest absolute Gasteiger partial charge is 0.307 e. The Morgan fingerprint density at radius 1 is 1.58 bits per heavy atom. The van der Waals surface area contributed by atoms with Crippen molar-refractivity contribution in [2.45, 2.75) is 18.8 Å². The van der Waals surface area contributed by atoms with Crippen molar-refractivity contribution in [3.05, 3.63) is 29.6 Å². The molecule has 98 valence electrons. The van der Waals surface area contributed by atoms with E-state index in [0.29, 0.717) is 23.4 Å². The van der Waals surface area contributed by atoms with Gasteiger partial charge in [-0.25, -0.2) is 4.98 Å². The molecule has 0 aliphatic rings. The number of carbonyl (C=O) groups excluding carboxylic acids is 1. The molecule has 0 bridgehead atoms. The summed E-state index contributed by atoms with van der Waals surface area (Å²) in [6, 6.07) is 7.45. The number of nitriles is 1. The number of esters is 1. The van der Waals surface area contributed by atoms with Crippen molar-refractivity contribution in [2.24, 2.45) is 0 Å². The number of rotatable bonds is 4. The molecule has 0 amide bonds. The van der Waals surface area contributed by atoms with Crippen LogP contribution in [0.25, 0.3) is 11.0 Å². The van der Waals surface area contributed by atoms with Gasteiger partial charge in [0.1, 0.15) is 17.4 Å². The summed E-state index contributed by atoms with van der Waals surface area (Å²) >= 11 is 5.87. The zero-order valence-electron chi connectivity index (χ0n) is 10.4. The number of aryl methyl sites for hydroxylation is 1. The summed E-state index contributed by atoms with van der Waals surface area (Å²) in [7, 11) is 1.35. The maximum atomic E-state index is 11.2. The minimum absolute atomic E-state index is 0.223. The van der Waals surface area contributed by atoms with Crippen molar-refractivity contribution in [3.8, 4) is 6.07 Å². The first kappa shape index (κ1) is 13.4. The first-order chi connectivity index (χ1) is 9.21. The van der Waals surface area contributed by atoms with Crippen molar-refractivity contribution in [2.75, 3.05) is 7.11 Å². The van der Waals surface area contributed by atoms with Crippen molar-refractivity contribution in [1.82, 2.24) is 9.55 Å². The summed E-state index contributed by atoms with van der Waals surface area (Å²) in [5, 5.41) is 9.06. The second-order valence-corrected chi connectivity index (χ2v) is 4.19. The van der Waals surface area contributed by atoms with Gasteiger partial charge < -0.3 is 9.30 Å². The predicted molar refractivity (Wildman–Crippen MR) is 70.6 cm³/mol. The molecule has 1 aromatic carbocycles. The lowest BCUT2D eigenvalue weighted by molar-refractivity contribution is -0.140. The maximum absolute atomic E-state index is 11.2. The Balaban J connectivity index is 2.47. The van der Waals surface area contributed by atoms with Gasteiger partial charge in [0.15, 0.2) is 0 Å². The van der Waals surface area contributed by atoms with E-state index < -0.39 is 0 Å². The number of methoxy groups -OCH3 is 1. The Morgan fingerprint density at radius 2 is 2.37 bits per heavy atom. The normalized spacial score (nSPS) is 10.4. The number of hydrogen-bond donors (Lipinski definition) is 0. The number of nitrogens with zero attached hydrogens (tertiary/aromatic N) is 3. The van der Waals surface area contributed by atoms with E-state index in [4.69, 9.17) is 16.9 Å². The Morgan fingerprint density at radius 3 is 3.00 bits per heavy atom. The Hall–Kier alpha value is -2.06. The standard InChI is InChI=1S/C13H12ClN3O2/c1-19-12(18)5-6-17-10-4-2-3-9(8-15)13(10)16-11(17)7-14/h2-4H,5-7H2,1H3. The van der Waals surface area contributed by atoms with Crippen molar-refractivity contribution in [1.29, 1.82) is 5.26 Å². The Kier molecular flexibility index (Phi) is 4.03. The molecule has 1 aromatic heterocycles.